The molecule has 0 spiro atoms. The molecule has 0 aliphatic rings. The Hall–Kier alpha value is -2.51. The van der Waals surface area contributed by atoms with Crippen LogP contribution < -0.4 is 0 Å². The first-order valence-corrected chi connectivity index (χ1v) is 5.64. The zero-order valence-electron chi connectivity index (χ0n) is 10.6. The summed E-state index contributed by atoms with van der Waals surface area (Å²) in [4.78, 5) is 18.3. The van der Waals surface area contributed by atoms with Crippen LogP contribution in [-0.2, 0) is 6.18 Å². The molecule has 0 radical (unpaired) electrons. The van der Waals surface area contributed by atoms with Gasteiger partial charge in [-0.3, -0.25) is 0 Å². The number of hydrogen-bond donors (Lipinski definition) is 1. The van der Waals surface area contributed by atoms with Crippen molar-refractivity contribution < 1.29 is 27.5 Å². The standard InChI is InChI=1S/C13H8F4N2O2/c1-6-4-10(12(20)21)19-11(18-6)8-3-2-7(5-9(8)14)13(15,16)17/h2-5H,1H3,(H,20,21). The number of hydrogen-bond acceptors (Lipinski definition) is 3. The van der Waals surface area contributed by atoms with E-state index in [4.69, 9.17) is 5.11 Å². The van der Waals surface area contributed by atoms with Crippen molar-refractivity contribution >= 4 is 5.97 Å². The number of aromatic carboxylic acids is 1. The molecule has 0 amide bonds. The molecule has 0 atom stereocenters. The topological polar surface area (TPSA) is 63.1 Å². The van der Waals surface area contributed by atoms with Crippen LogP contribution in [-0.4, -0.2) is 21.0 Å². The molecule has 0 aliphatic carbocycles. The van der Waals surface area contributed by atoms with Crippen LogP contribution in [0.1, 0.15) is 21.7 Å². The fraction of sp³-hybridized carbons (Fsp3) is 0.154. The molecular formula is C13H8F4N2O2. The largest absolute Gasteiger partial charge is 0.477 e. The number of aromatic nitrogens is 2. The van der Waals surface area contributed by atoms with E-state index in [2.05, 4.69) is 9.97 Å². The Morgan fingerprint density at radius 3 is 2.38 bits per heavy atom. The minimum absolute atomic E-state index is 0.261. The predicted octanol–water partition coefficient (Wildman–Crippen LogP) is 3.31. The molecule has 21 heavy (non-hydrogen) atoms. The molecule has 0 unspecified atom stereocenters. The zero-order chi connectivity index (χ0) is 15.8. The van der Waals surface area contributed by atoms with E-state index in [1.807, 2.05) is 0 Å². The van der Waals surface area contributed by atoms with Gasteiger partial charge in [-0.15, -0.1) is 0 Å². The summed E-state index contributed by atoms with van der Waals surface area (Å²) in [5.74, 6) is -2.79. The summed E-state index contributed by atoms with van der Waals surface area (Å²) in [6, 6.07) is 3.05. The Labute approximate surface area is 116 Å². The maximum Gasteiger partial charge on any atom is 0.416 e. The molecule has 4 nitrogen and oxygen atoms in total. The summed E-state index contributed by atoms with van der Waals surface area (Å²) in [5, 5.41) is 8.87. The Morgan fingerprint density at radius 2 is 1.86 bits per heavy atom. The SMILES string of the molecule is Cc1cc(C(=O)O)nc(-c2ccc(C(F)(F)F)cc2F)n1. The van der Waals surface area contributed by atoms with Crippen LogP contribution in [0.2, 0.25) is 0 Å². The number of carboxylic acid groups (broad SMARTS) is 1. The smallest absolute Gasteiger partial charge is 0.416 e. The van der Waals surface area contributed by atoms with E-state index in [0.717, 1.165) is 6.07 Å². The van der Waals surface area contributed by atoms with Crippen LogP contribution in [0.25, 0.3) is 11.4 Å². The van der Waals surface area contributed by atoms with Crippen molar-refractivity contribution in [2.75, 3.05) is 0 Å². The molecule has 0 saturated heterocycles. The number of benzene rings is 1. The number of carbonyl (C=O) groups is 1. The van der Waals surface area contributed by atoms with Gasteiger partial charge in [0.25, 0.3) is 0 Å². The second-order valence-corrected chi connectivity index (χ2v) is 4.22. The number of aryl methyl sites for hydroxylation is 1. The van der Waals surface area contributed by atoms with Gasteiger partial charge in [-0.25, -0.2) is 19.2 Å². The predicted molar refractivity (Wildman–Crippen MR) is 64.1 cm³/mol. The van der Waals surface area contributed by atoms with Gasteiger partial charge < -0.3 is 5.11 Å². The van der Waals surface area contributed by atoms with Crippen molar-refractivity contribution in [1.82, 2.24) is 9.97 Å². The minimum atomic E-state index is -4.67. The first-order valence-electron chi connectivity index (χ1n) is 5.64. The van der Waals surface area contributed by atoms with Gasteiger partial charge in [-0.1, -0.05) is 0 Å². The van der Waals surface area contributed by atoms with Gasteiger partial charge in [0.15, 0.2) is 11.5 Å². The van der Waals surface area contributed by atoms with E-state index >= 15 is 0 Å². The van der Waals surface area contributed by atoms with E-state index in [1.54, 1.807) is 0 Å². The second kappa shape index (κ2) is 5.12. The molecule has 2 rings (SSSR count). The average molecular weight is 300 g/mol. The Morgan fingerprint density at radius 1 is 1.19 bits per heavy atom. The number of carboxylic acids is 1. The van der Waals surface area contributed by atoms with Crippen molar-refractivity contribution in [3.05, 3.63) is 47.0 Å². The maximum atomic E-state index is 13.8. The highest BCUT2D eigenvalue weighted by Crippen LogP contribution is 2.32. The van der Waals surface area contributed by atoms with Gasteiger partial charge >= 0.3 is 12.1 Å². The second-order valence-electron chi connectivity index (χ2n) is 4.22. The van der Waals surface area contributed by atoms with Gasteiger partial charge in [-0.05, 0) is 31.2 Å². The molecular weight excluding hydrogens is 292 g/mol. The zero-order valence-corrected chi connectivity index (χ0v) is 10.6. The van der Waals surface area contributed by atoms with Crippen molar-refractivity contribution in [3.63, 3.8) is 0 Å². The summed E-state index contributed by atoms with van der Waals surface area (Å²) < 4.78 is 51.2. The molecule has 0 fully saturated rings. The lowest BCUT2D eigenvalue weighted by atomic mass is 10.1. The van der Waals surface area contributed by atoms with Gasteiger partial charge in [0.2, 0.25) is 0 Å². The molecule has 1 N–H and O–H groups in total. The summed E-state index contributed by atoms with van der Waals surface area (Å²) >= 11 is 0. The molecule has 0 aliphatic heterocycles. The fourth-order valence-corrected chi connectivity index (χ4v) is 1.67. The summed E-state index contributed by atoms with van der Waals surface area (Å²) in [5.41, 5.74) is -1.54. The number of nitrogens with zero attached hydrogens (tertiary/aromatic N) is 2. The van der Waals surface area contributed by atoms with Crippen LogP contribution in [0.4, 0.5) is 17.6 Å². The highest BCUT2D eigenvalue weighted by Gasteiger charge is 2.31. The highest BCUT2D eigenvalue weighted by molar-refractivity contribution is 5.86. The lowest BCUT2D eigenvalue weighted by molar-refractivity contribution is -0.137. The van der Waals surface area contributed by atoms with E-state index in [1.165, 1.54) is 13.0 Å². The van der Waals surface area contributed by atoms with Crippen molar-refractivity contribution in [2.24, 2.45) is 0 Å². The Kier molecular flexibility index (Phi) is 3.63. The molecule has 1 aromatic heterocycles. The summed E-state index contributed by atoms with van der Waals surface area (Å²) in [6.07, 6.45) is -4.67. The molecule has 8 heteroatoms. The van der Waals surface area contributed by atoms with Gasteiger partial charge in [0.05, 0.1) is 11.1 Å². The van der Waals surface area contributed by atoms with Crippen molar-refractivity contribution in [1.29, 1.82) is 0 Å². The van der Waals surface area contributed by atoms with Gasteiger partial charge in [0, 0.05) is 5.69 Å². The molecule has 2 aromatic rings. The molecule has 110 valence electrons. The summed E-state index contributed by atoms with van der Waals surface area (Å²) in [7, 11) is 0. The molecule has 0 bridgehead atoms. The first-order chi connectivity index (χ1) is 9.68. The number of halogens is 4. The molecule has 1 heterocycles. The lowest BCUT2D eigenvalue weighted by Crippen LogP contribution is -2.07. The maximum absolute atomic E-state index is 13.8. The van der Waals surface area contributed by atoms with Crippen LogP contribution in [0, 0.1) is 12.7 Å². The van der Waals surface area contributed by atoms with E-state index in [-0.39, 0.29) is 22.8 Å². The molecule has 1 aromatic carbocycles. The number of alkyl halides is 3. The highest BCUT2D eigenvalue weighted by atomic mass is 19.4. The average Bonchev–Trinajstić information content (AvgIpc) is 2.36. The third kappa shape index (κ3) is 3.15. The quantitative estimate of drug-likeness (QED) is 0.864. The van der Waals surface area contributed by atoms with Gasteiger partial charge in [0.1, 0.15) is 5.82 Å². The minimum Gasteiger partial charge on any atom is -0.477 e. The van der Waals surface area contributed by atoms with E-state index in [0.29, 0.717) is 12.1 Å². The Bertz CT molecular complexity index is 714. The summed E-state index contributed by atoms with van der Waals surface area (Å²) in [6.45, 7) is 1.47. The van der Waals surface area contributed by atoms with E-state index in [9.17, 15) is 22.4 Å². The third-order valence-electron chi connectivity index (χ3n) is 2.61. The third-order valence-corrected chi connectivity index (χ3v) is 2.61. The van der Waals surface area contributed by atoms with Crippen LogP contribution in [0.15, 0.2) is 24.3 Å². The van der Waals surface area contributed by atoms with Crippen LogP contribution >= 0.6 is 0 Å². The first kappa shape index (κ1) is 14.9. The fourth-order valence-electron chi connectivity index (χ4n) is 1.67. The van der Waals surface area contributed by atoms with Gasteiger partial charge in [-0.2, -0.15) is 13.2 Å². The monoisotopic (exact) mass is 300 g/mol. The van der Waals surface area contributed by atoms with Crippen molar-refractivity contribution in [3.8, 4) is 11.4 Å². The van der Waals surface area contributed by atoms with Crippen LogP contribution in [0.3, 0.4) is 0 Å². The lowest BCUT2D eigenvalue weighted by Gasteiger charge is -2.09. The van der Waals surface area contributed by atoms with Crippen molar-refractivity contribution in [2.45, 2.75) is 13.1 Å². The van der Waals surface area contributed by atoms with E-state index < -0.39 is 23.5 Å². The molecule has 0 saturated carbocycles. The normalized spacial score (nSPS) is 11.5. The Balaban J connectivity index is 2.55. The number of rotatable bonds is 2. The van der Waals surface area contributed by atoms with Crippen LogP contribution in [0.5, 0.6) is 0 Å².